The molecule has 1 aliphatic heterocycles. The Balaban J connectivity index is 2.40. The van der Waals surface area contributed by atoms with Gasteiger partial charge in [0.25, 0.3) is 0 Å². The molecule has 1 aliphatic rings. The van der Waals surface area contributed by atoms with Crippen LogP contribution in [0.3, 0.4) is 0 Å². The van der Waals surface area contributed by atoms with Crippen LogP contribution in [0.1, 0.15) is 12.8 Å². The third-order valence-electron chi connectivity index (χ3n) is 1.48. The normalized spacial score (nSPS) is 38.2. The smallest absolute Gasteiger partial charge is 0.139 e. The molecule has 3 N–H and O–H groups in total. The first-order valence-electron chi connectivity index (χ1n) is 2.85. The van der Waals surface area contributed by atoms with Gasteiger partial charge in [0.2, 0.25) is 0 Å². The largest absolute Gasteiger partial charge is 0.392 e. The zero-order chi connectivity index (χ0) is 6.04. The molecule has 0 bridgehead atoms. The van der Waals surface area contributed by atoms with Gasteiger partial charge in [-0.05, 0) is 19.4 Å². The van der Waals surface area contributed by atoms with Crippen molar-refractivity contribution in [2.24, 2.45) is 0 Å². The summed E-state index contributed by atoms with van der Waals surface area (Å²) >= 11 is 0. The van der Waals surface area contributed by atoms with Crippen LogP contribution in [-0.4, -0.2) is 29.1 Å². The first kappa shape index (κ1) is 6.01. The molecule has 0 saturated carbocycles. The van der Waals surface area contributed by atoms with Crippen LogP contribution in [0, 0.1) is 0 Å². The van der Waals surface area contributed by atoms with Crippen LogP contribution in [-0.2, 0) is 0 Å². The van der Waals surface area contributed by atoms with Crippen LogP contribution in [0.2, 0.25) is 0 Å². The Morgan fingerprint density at radius 2 is 2.38 bits per heavy atom. The Hall–Kier alpha value is -0.120. The molecule has 1 rings (SSSR count). The summed E-state index contributed by atoms with van der Waals surface area (Å²) in [5, 5.41) is 20.4. The lowest BCUT2D eigenvalue weighted by Gasteiger charge is -2.18. The van der Waals surface area contributed by atoms with Crippen LogP contribution in [0.4, 0.5) is 0 Å². The average molecular weight is 117 g/mol. The summed E-state index contributed by atoms with van der Waals surface area (Å²) in [5.74, 6) is 0. The summed E-state index contributed by atoms with van der Waals surface area (Å²) in [5.41, 5.74) is -0.958. The third kappa shape index (κ3) is 0.992. The van der Waals surface area contributed by atoms with Crippen molar-refractivity contribution in [3.8, 4) is 0 Å². The van der Waals surface area contributed by atoms with Crippen molar-refractivity contribution in [3.63, 3.8) is 0 Å². The monoisotopic (exact) mass is 117 g/mol. The lowest BCUT2D eigenvalue weighted by molar-refractivity contribution is -0.0268. The zero-order valence-electron chi connectivity index (χ0n) is 4.72. The van der Waals surface area contributed by atoms with Gasteiger partial charge in [-0.2, -0.15) is 0 Å². The van der Waals surface area contributed by atoms with Crippen LogP contribution < -0.4 is 5.32 Å². The maximum absolute atomic E-state index is 9.14. The number of hydrogen-bond donors (Lipinski definition) is 3. The van der Waals surface area contributed by atoms with Gasteiger partial charge in [-0.3, -0.25) is 5.32 Å². The molecule has 1 fully saturated rings. The van der Waals surface area contributed by atoms with Crippen molar-refractivity contribution in [2.75, 3.05) is 13.2 Å². The van der Waals surface area contributed by atoms with E-state index in [1.807, 2.05) is 0 Å². The van der Waals surface area contributed by atoms with E-state index in [2.05, 4.69) is 5.32 Å². The Labute approximate surface area is 48.3 Å². The van der Waals surface area contributed by atoms with E-state index in [9.17, 15) is 0 Å². The van der Waals surface area contributed by atoms with Crippen molar-refractivity contribution < 1.29 is 10.2 Å². The van der Waals surface area contributed by atoms with Gasteiger partial charge in [-0.25, -0.2) is 0 Å². The molecule has 0 aliphatic carbocycles. The lowest BCUT2D eigenvalue weighted by atomic mass is 10.2. The number of aliphatic hydroxyl groups is 2. The molecular formula is C5H11NO2. The molecule has 0 radical (unpaired) electrons. The molecule has 0 aromatic rings. The Morgan fingerprint density at radius 1 is 1.62 bits per heavy atom. The predicted octanol–water partition coefficient (Wildman–Crippen LogP) is -0.949. The van der Waals surface area contributed by atoms with Gasteiger partial charge in [-0.1, -0.05) is 0 Å². The van der Waals surface area contributed by atoms with Gasteiger partial charge < -0.3 is 10.2 Å². The van der Waals surface area contributed by atoms with E-state index in [0.717, 1.165) is 13.0 Å². The molecule has 1 atom stereocenters. The van der Waals surface area contributed by atoms with Crippen LogP contribution in [0.25, 0.3) is 0 Å². The second-order valence-electron chi connectivity index (χ2n) is 2.22. The van der Waals surface area contributed by atoms with E-state index in [-0.39, 0.29) is 6.61 Å². The molecule has 0 spiro atoms. The lowest BCUT2D eigenvalue weighted by Crippen LogP contribution is -2.42. The molecule has 3 nitrogen and oxygen atoms in total. The fourth-order valence-electron chi connectivity index (χ4n) is 0.925. The average Bonchev–Trinajstić information content (AvgIpc) is 2.17. The zero-order valence-corrected chi connectivity index (χ0v) is 4.72. The Bertz CT molecular complexity index is 78.5. The maximum atomic E-state index is 9.14. The fourth-order valence-corrected chi connectivity index (χ4v) is 0.925. The van der Waals surface area contributed by atoms with Crippen LogP contribution >= 0.6 is 0 Å². The van der Waals surface area contributed by atoms with Crippen molar-refractivity contribution in [2.45, 2.75) is 18.6 Å². The molecule has 0 amide bonds. The molecule has 1 saturated heterocycles. The molecule has 0 aromatic heterocycles. The topological polar surface area (TPSA) is 52.5 Å². The molecule has 0 unspecified atom stereocenters. The van der Waals surface area contributed by atoms with Crippen molar-refractivity contribution in [1.29, 1.82) is 0 Å². The van der Waals surface area contributed by atoms with Crippen LogP contribution in [0.5, 0.6) is 0 Å². The predicted molar refractivity (Wildman–Crippen MR) is 29.3 cm³/mol. The molecule has 48 valence electrons. The van der Waals surface area contributed by atoms with Crippen molar-refractivity contribution in [3.05, 3.63) is 0 Å². The highest BCUT2D eigenvalue weighted by atomic mass is 16.3. The van der Waals surface area contributed by atoms with E-state index in [1.165, 1.54) is 0 Å². The standard InChI is InChI=1S/C5H11NO2/c7-4-5(8)2-1-3-6-5/h6-8H,1-4H2/t5-/m0/s1. The van der Waals surface area contributed by atoms with E-state index in [1.54, 1.807) is 0 Å². The van der Waals surface area contributed by atoms with Gasteiger partial charge in [0.05, 0.1) is 6.61 Å². The minimum Gasteiger partial charge on any atom is -0.392 e. The first-order chi connectivity index (χ1) is 3.77. The number of rotatable bonds is 1. The highest BCUT2D eigenvalue weighted by molar-refractivity contribution is 4.80. The van der Waals surface area contributed by atoms with Crippen molar-refractivity contribution >= 4 is 0 Å². The quantitative estimate of drug-likeness (QED) is 0.415. The van der Waals surface area contributed by atoms with E-state index < -0.39 is 5.72 Å². The van der Waals surface area contributed by atoms with E-state index in [4.69, 9.17) is 10.2 Å². The minimum absolute atomic E-state index is 0.174. The molecule has 0 aromatic carbocycles. The highest BCUT2D eigenvalue weighted by Crippen LogP contribution is 2.13. The maximum Gasteiger partial charge on any atom is 0.139 e. The Kier molecular flexibility index (Phi) is 1.51. The summed E-state index contributed by atoms with van der Waals surface area (Å²) < 4.78 is 0. The summed E-state index contributed by atoms with van der Waals surface area (Å²) in [7, 11) is 0. The van der Waals surface area contributed by atoms with Gasteiger partial charge in [-0.15, -0.1) is 0 Å². The van der Waals surface area contributed by atoms with Gasteiger partial charge in [0.1, 0.15) is 5.72 Å². The van der Waals surface area contributed by atoms with Gasteiger partial charge in [0.15, 0.2) is 0 Å². The molecular weight excluding hydrogens is 106 g/mol. The molecule has 3 heteroatoms. The van der Waals surface area contributed by atoms with Gasteiger partial charge >= 0.3 is 0 Å². The number of nitrogens with one attached hydrogen (secondary N) is 1. The minimum atomic E-state index is -0.958. The van der Waals surface area contributed by atoms with E-state index >= 15 is 0 Å². The number of hydrogen-bond acceptors (Lipinski definition) is 3. The molecule has 8 heavy (non-hydrogen) atoms. The summed E-state index contributed by atoms with van der Waals surface area (Å²) in [6.07, 6.45) is 1.63. The third-order valence-corrected chi connectivity index (χ3v) is 1.48. The highest BCUT2D eigenvalue weighted by Gasteiger charge is 2.28. The molecule has 1 heterocycles. The summed E-state index contributed by atoms with van der Waals surface area (Å²) in [6, 6.07) is 0. The number of aliphatic hydroxyl groups excluding tert-OH is 1. The fraction of sp³-hybridized carbons (Fsp3) is 1.00. The Morgan fingerprint density at radius 3 is 2.62 bits per heavy atom. The van der Waals surface area contributed by atoms with Crippen LogP contribution in [0.15, 0.2) is 0 Å². The first-order valence-corrected chi connectivity index (χ1v) is 2.85. The second-order valence-corrected chi connectivity index (χ2v) is 2.22. The summed E-state index contributed by atoms with van der Waals surface area (Å²) in [6.45, 7) is 0.643. The van der Waals surface area contributed by atoms with E-state index in [0.29, 0.717) is 6.42 Å². The second kappa shape index (κ2) is 2.01. The van der Waals surface area contributed by atoms with Gasteiger partial charge in [0, 0.05) is 0 Å². The SMILES string of the molecule is OC[C@@]1(O)CCCN1. The van der Waals surface area contributed by atoms with Crippen molar-refractivity contribution in [1.82, 2.24) is 5.32 Å². The summed E-state index contributed by atoms with van der Waals surface area (Å²) in [4.78, 5) is 0.